The van der Waals surface area contributed by atoms with Gasteiger partial charge in [0.2, 0.25) is 6.79 Å². The first kappa shape index (κ1) is 8.75. The lowest BCUT2D eigenvalue weighted by Gasteiger charge is -2.45. The van der Waals surface area contributed by atoms with Crippen LogP contribution in [0.25, 0.3) is 0 Å². The molecule has 3 heterocycles. The molecule has 0 saturated carbocycles. The van der Waals surface area contributed by atoms with Crippen LogP contribution in [-0.2, 0) is 0 Å². The van der Waals surface area contributed by atoms with Gasteiger partial charge in [-0.25, -0.2) is 0 Å². The fourth-order valence-corrected chi connectivity index (χ4v) is 3.34. The minimum Gasteiger partial charge on any atom is -0.454 e. The summed E-state index contributed by atoms with van der Waals surface area (Å²) in [5.41, 5.74) is 1.78. The van der Waals surface area contributed by atoms with Gasteiger partial charge in [-0.3, -0.25) is 4.79 Å². The number of carbonyl (C=O) groups is 1. The third-order valence-corrected chi connectivity index (χ3v) is 4.45. The minimum absolute atomic E-state index is 0.210. The molecule has 0 radical (unpaired) electrons. The van der Waals surface area contributed by atoms with Crippen molar-refractivity contribution in [3.05, 3.63) is 17.7 Å². The third-order valence-electron chi connectivity index (χ3n) is 3.21. The van der Waals surface area contributed by atoms with E-state index in [9.17, 15) is 4.79 Å². The van der Waals surface area contributed by atoms with Crippen LogP contribution in [0.15, 0.2) is 12.1 Å². The van der Waals surface area contributed by atoms with Crippen molar-refractivity contribution < 1.29 is 14.3 Å². The van der Waals surface area contributed by atoms with E-state index < -0.39 is 0 Å². The molecule has 0 amide bonds. The van der Waals surface area contributed by atoms with Crippen molar-refractivity contribution in [2.45, 2.75) is 11.8 Å². The van der Waals surface area contributed by atoms with Gasteiger partial charge in [-0.05, 0) is 6.07 Å². The van der Waals surface area contributed by atoms with Gasteiger partial charge in [0.15, 0.2) is 17.3 Å². The molecule has 1 saturated heterocycles. The predicted molar refractivity (Wildman–Crippen MR) is 60.2 cm³/mol. The Labute approximate surface area is 96.5 Å². The van der Waals surface area contributed by atoms with Crippen molar-refractivity contribution in [2.24, 2.45) is 0 Å². The number of fused-ring (bicyclic) bond motifs is 4. The highest BCUT2D eigenvalue weighted by atomic mass is 32.2. The Morgan fingerprint density at radius 3 is 2.88 bits per heavy atom. The molecule has 4 nitrogen and oxygen atoms in total. The van der Waals surface area contributed by atoms with Crippen LogP contribution >= 0.6 is 11.8 Å². The Morgan fingerprint density at radius 2 is 2.12 bits per heavy atom. The molecular weight excluding hydrogens is 226 g/mol. The van der Waals surface area contributed by atoms with Crippen molar-refractivity contribution in [1.29, 1.82) is 0 Å². The Kier molecular flexibility index (Phi) is 1.56. The van der Waals surface area contributed by atoms with Crippen molar-refractivity contribution in [2.75, 3.05) is 17.6 Å². The average molecular weight is 235 g/mol. The molecule has 0 spiro atoms. The molecule has 1 fully saturated rings. The number of rotatable bonds is 0. The molecular formula is C11H9NO3S. The van der Waals surface area contributed by atoms with Gasteiger partial charge in [0.25, 0.3) is 0 Å². The summed E-state index contributed by atoms with van der Waals surface area (Å²) in [5, 5.41) is 0.334. The topological polar surface area (TPSA) is 38.8 Å². The van der Waals surface area contributed by atoms with Crippen molar-refractivity contribution in [3.63, 3.8) is 0 Å². The van der Waals surface area contributed by atoms with E-state index in [4.69, 9.17) is 9.47 Å². The maximum Gasteiger partial charge on any atom is 0.231 e. The largest absolute Gasteiger partial charge is 0.454 e. The van der Waals surface area contributed by atoms with Crippen molar-refractivity contribution >= 4 is 23.2 Å². The Hall–Kier alpha value is -1.36. The second kappa shape index (κ2) is 2.85. The van der Waals surface area contributed by atoms with Gasteiger partial charge in [-0.15, -0.1) is 11.8 Å². The number of nitrogens with zero attached hydrogens (tertiary/aromatic N) is 1. The van der Waals surface area contributed by atoms with E-state index in [0.717, 1.165) is 22.9 Å². The van der Waals surface area contributed by atoms with E-state index in [2.05, 4.69) is 4.90 Å². The Morgan fingerprint density at radius 1 is 1.31 bits per heavy atom. The second-order valence-corrected chi connectivity index (χ2v) is 5.21. The quantitative estimate of drug-likeness (QED) is 0.686. The monoisotopic (exact) mass is 235 g/mol. The fraction of sp³-hybridized carbons (Fsp3) is 0.364. The number of ether oxygens (including phenoxy) is 2. The molecule has 1 unspecified atom stereocenters. The lowest BCUT2D eigenvalue weighted by Crippen LogP contribution is -2.47. The summed E-state index contributed by atoms with van der Waals surface area (Å²) >= 11 is 1.82. The highest BCUT2D eigenvalue weighted by Crippen LogP contribution is 2.47. The zero-order chi connectivity index (χ0) is 10.7. The molecule has 1 atom stereocenters. The molecule has 82 valence electrons. The first-order chi connectivity index (χ1) is 7.83. The summed E-state index contributed by atoms with van der Waals surface area (Å²) in [6.45, 7) is 0.255. The number of ketones is 1. The SMILES string of the molecule is O=C1CC2SCN2c2cc3c(cc21)OCO3. The highest BCUT2D eigenvalue weighted by Gasteiger charge is 2.39. The van der Waals surface area contributed by atoms with Gasteiger partial charge in [0.05, 0.1) is 16.9 Å². The number of carbonyl (C=O) groups excluding carboxylic acids is 1. The van der Waals surface area contributed by atoms with E-state index >= 15 is 0 Å². The normalized spacial score (nSPS) is 24.9. The summed E-state index contributed by atoms with van der Waals surface area (Å²) in [5.74, 6) is 2.62. The summed E-state index contributed by atoms with van der Waals surface area (Å²) < 4.78 is 10.6. The maximum absolute atomic E-state index is 11.9. The van der Waals surface area contributed by atoms with Crippen LogP contribution in [0.2, 0.25) is 0 Å². The summed E-state index contributed by atoms with van der Waals surface area (Å²) in [6, 6.07) is 3.75. The first-order valence-electron chi connectivity index (χ1n) is 5.18. The van der Waals surface area contributed by atoms with Gasteiger partial charge in [0.1, 0.15) is 0 Å². The number of hydrogen-bond donors (Lipinski definition) is 0. The fourth-order valence-electron chi connectivity index (χ4n) is 2.31. The van der Waals surface area contributed by atoms with Crippen LogP contribution in [-0.4, -0.2) is 23.8 Å². The number of Topliss-reactive ketones (excluding diaryl/α,β-unsaturated/α-hetero) is 1. The molecule has 3 aliphatic heterocycles. The smallest absolute Gasteiger partial charge is 0.231 e. The number of benzene rings is 1. The standard InChI is InChI=1S/C11H9NO3S/c13-8-3-11-12(4-16-11)7-2-10-9(1-6(7)8)14-5-15-10/h1-2,11H,3-5H2. The first-order valence-corrected chi connectivity index (χ1v) is 6.23. The molecule has 1 aromatic rings. The number of hydrogen-bond acceptors (Lipinski definition) is 5. The maximum atomic E-state index is 11.9. The Balaban J connectivity index is 1.91. The van der Waals surface area contributed by atoms with Crippen LogP contribution in [0.1, 0.15) is 16.8 Å². The molecule has 0 aromatic heterocycles. The van der Waals surface area contributed by atoms with E-state index in [-0.39, 0.29) is 12.6 Å². The average Bonchev–Trinajstić information content (AvgIpc) is 2.68. The number of anilines is 1. The van der Waals surface area contributed by atoms with Gasteiger partial charge >= 0.3 is 0 Å². The molecule has 0 N–H and O–H groups in total. The summed E-state index contributed by atoms with van der Waals surface area (Å²) in [7, 11) is 0. The minimum atomic E-state index is 0.210. The van der Waals surface area contributed by atoms with Crippen molar-refractivity contribution in [3.8, 4) is 11.5 Å². The molecule has 5 heteroatoms. The predicted octanol–water partition coefficient (Wildman–Crippen LogP) is 1.84. The lowest BCUT2D eigenvalue weighted by molar-refractivity contribution is 0.0975. The van der Waals surface area contributed by atoms with Crippen LogP contribution in [0.3, 0.4) is 0 Å². The van der Waals surface area contributed by atoms with E-state index in [1.54, 1.807) is 0 Å². The van der Waals surface area contributed by atoms with Gasteiger partial charge < -0.3 is 14.4 Å². The molecule has 16 heavy (non-hydrogen) atoms. The van der Waals surface area contributed by atoms with E-state index in [1.807, 2.05) is 23.9 Å². The molecule has 0 bridgehead atoms. The third kappa shape index (κ3) is 0.988. The zero-order valence-corrected chi connectivity index (χ0v) is 9.25. The lowest BCUT2D eigenvalue weighted by atomic mass is 9.99. The molecule has 4 rings (SSSR count). The second-order valence-electron chi connectivity index (χ2n) is 4.07. The Bertz CT molecular complexity index is 502. The molecule has 1 aromatic carbocycles. The van der Waals surface area contributed by atoms with Crippen LogP contribution < -0.4 is 14.4 Å². The van der Waals surface area contributed by atoms with Gasteiger partial charge in [-0.1, -0.05) is 0 Å². The highest BCUT2D eigenvalue weighted by molar-refractivity contribution is 8.01. The zero-order valence-electron chi connectivity index (χ0n) is 8.43. The van der Waals surface area contributed by atoms with Gasteiger partial charge in [0, 0.05) is 18.1 Å². The number of thioether (sulfide) groups is 1. The van der Waals surface area contributed by atoms with Crippen molar-refractivity contribution in [1.82, 2.24) is 0 Å². The van der Waals surface area contributed by atoms with Crippen LogP contribution in [0, 0.1) is 0 Å². The van der Waals surface area contributed by atoms with Crippen LogP contribution in [0.5, 0.6) is 11.5 Å². The molecule has 3 aliphatic rings. The summed E-state index contributed by atoms with van der Waals surface area (Å²) in [4.78, 5) is 14.2. The van der Waals surface area contributed by atoms with E-state index in [1.165, 1.54) is 0 Å². The van der Waals surface area contributed by atoms with Gasteiger partial charge in [-0.2, -0.15) is 0 Å². The van der Waals surface area contributed by atoms with Crippen LogP contribution in [0.4, 0.5) is 5.69 Å². The molecule has 0 aliphatic carbocycles. The van der Waals surface area contributed by atoms with E-state index in [0.29, 0.717) is 17.5 Å². The summed E-state index contributed by atoms with van der Waals surface area (Å²) in [6.07, 6.45) is 0.608.